The third-order valence-electron chi connectivity index (χ3n) is 6.53. The van der Waals surface area contributed by atoms with Crippen molar-refractivity contribution in [1.29, 1.82) is 0 Å². The zero-order valence-electron chi connectivity index (χ0n) is 20.7. The summed E-state index contributed by atoms with van der Waals surface area (Å²) >= 11 is 0. The SMILES string of the molecule is O=S(=O)(Oc1ccc2c(c1)C1c3cccc(OS(=O)(=O)C(F)(F)F)c3C2c2c(OS(=O)(=O)C(F)(F)F)cccc21)C(F)(F)F. The molecule has 6 rings (SSSR count). The molecule has 0 saturated heterocycles. The highest BCUT2D eigenvalue weighted by molar-refractivity contribution is 7.88. The molecule has 0 aromatic heterocycles. The van der Waals surface area contributed by atoms with Crippen molar-refractivity contribution in [3.8, 4) is 17.2 Å². The molecule has 0 atom stereocenters. The normalized spacial score (nSPS) is 18.2. The molecule has 0 N–H and O–H groups in total. The molecule has 9 nitrogen and oxygen atoms in total. The van der Waals surface area contributed by atoms with E-state index in [0.717, 1.165) is 36.4 Å². The lowest BCUT2D eigenvalue weighted by atomic mass is 9.60. The van der Waals surface area contributed by atoms with Crippen LogP contribution in [0.25, 0.3) is 0 Å². The number of rotatable bonds is 6. The van der Waals surface area contributed by atoms with Crippen LogP contribution in [0.1, 0.15) is 45.2 Å². The molecule has 3 aromatic rings. The van der Waals surface area contributed by atoms with Gasteiger partial charge in [0.2, 0.25) is 0 Å². The Bertz CT molecular complexity index is 1920. The first kappa shape index (κ1) is 31.7. The predicted octanol–water partition coefficient (Wildman–Crippen LogP) is 5.36. The lowest BCUT2D eigenvalue weighted by molar-refractivity contribution is -0.0505. The van der Waals surface area contributed by atoms with Gasteiger partial charge in [0, 0.05) is 23.0 Å². The Labute approximate surface area is 241 Å². The van der Waals surface area contributed by atoms with E-state index in [9.17, 15) is 64.8 Å². The molecule has 44 heavy (non-hydrogen) atoms. The molecule has 2 bridgehead atoms. The summed E-state index contributed by atoms with van der Waals surface area (Å²) in [5, 5.41) is 0. The maximum atomic E-state index is 13.2. The van der Waals surface area contributed by atoms with Gasteiger partial charge in [0.1, 0.15) is 17.2 Å². The molecule has 0 radical (unpaired) electrons. The van der Waals surface area contributed by atoms with Crippen LogP contribution in [0.4, 0.5) is 39.5 Å². The van der Waals surface area contributed by atoms with Crippen LogP contribution in [0.15, 0.2) is 54.6 Å². The van der Waals surface area contributed by atoms with E-state index in [2.05, 4.69) is 12.5 Å². The summed E-state index contributed by atoms with van der Waals surface area (Å²) in [7, 11) is -18.8. The molecule has 21 heteroatoms. The van der Waals surface area contributed by atoms with Gasteiger partial charge in [0.15, 0.2) is 0 Å². The Balaban J connectivity index is 1.76. The summed E-state index contributed by atoms with van der Waals surface area (Å²) in [5.41, 5.74) is -18.8. The van der Waals surface area contributed by atoms with Gasteiger partial charge in [-0.25, -0.2) is 0 Å². The van der Waals surface area contributed by atoms with E-state index >= 15 is 0 Å². The molecular weight excluding hydrogens is 687 g/mol. The minimum Gasteiger partial charge on any atom is -0.376 e. The summed E-state index contributed by atoms with van der Waals surface area (Å²) in [4.78, 5) is 0. The third kappa shape index (κ3) is 4.99. The molecule has 0 amide bonds. The summed E-state index contributed by atoms with van der Waals surface area (Å²) in [6.07, 6.45) is 0. The number of benzene rings is 3. The van der Waals surface area contributed by atoms with E-state index in [1.54, 1.807) is 0 Å². The average Bonchev–Trinajstić information content (AvgIpc) is 2.86. The van der Waals surface area contributed by atoms with E-state index in [1.807, 2.05) is 0 Å². The highest BCUT2D eigenvalue weighted by Crippen LogP contribution is 2.60. The number of hydrogen-bond donors (Lipinski definition) is 0. The van der Waals surface area contributed by atoms with E-state index in [-0.39, 0.29) is 33.4 Å². The summed E-state index contributed by atoms with van der Waals surface area (Å²) < 4.78 is 202. The highest BCUT2D eigenvalue weighted by atomic mass is 32.2. The number of halogens is 9. The Morgan fingerprint density at radius 1 is 0.477 bits per heavy atom. The second-order valence-corrected chi connectivity index (χ2v) is 13.7. The van der Waals surface area contributed by atoms with Gasteiger partial charge in [0.25, 0.3) is 0 Å². The minimum atomic E-state index is -6.32. The predicted molar refractivity (Wildman–Crippen MR) is 128 cm³/mol. The fraction of sp³-hybridized carbons (Fsp3) is 0.217. The number of hydrogen-bond acceptors (Lipinski definition) is 9. The topological polar surface area (TPSA) is 130 Å². The van der Waals surface area contributed by atoms with Crippen molar-refractivity contribution < 1.29 is 77.3 Å². The fourth-order valence-electron chi connectivity index (χ4n) is 4.97. The van der Waals surface area contributed by atoms with Crippen LogP contribution < -0.4 is 12.5 Å². The molecule has 0 heterocycles. The number of alkyl halides is 9. The van der Waals surface area contributed by atoms with Crippen LogP contribution in [-0.2, 0) is 30.4 Å². The van der Waals surface area contributed by atoms with Gasteiger partial charge >= 0.3 is 46.9 Å². The van der Waals surface area contributed by atoms with Crippen LogP contribution in [0.5, 0.6) is 17.2 Å². The second-order valence-electron chi connectivity index (χ2n) is 9.12. The Morgan fingerprint density at radius 3 is 1.30 bits per heavy atom. The van der Waals surface area contributed by atoms with Crippen molar-refractivity contribution in [3.05, 3.63) is 88.0 Å². The van der Waals surface area contributed by atoms with E-state index in [4.69, 9.17) is 0 Å². The van der Waals surface area contributed by atoms with E-state index in [0.29, 0.717) is 6.07 Å². The quantitative estimate of drug-likeness (QED) is 0.131. The molecule has 0 saturated carbocycles. The van der Waals surface area contributed by atoms with Crippen molar-refractivity contribution in [2.45, 2.75) is 28.4 Å². The van der Waals surface area contributed by atoms with Gasteiger partial charge < -0.3 is 12.5 Å². The lowest BCUT2D eigenvalue weighted by Gasteiger charge is -2.43. The van der Waals surface area contributed by atoms with Crippen molar-refractivity contribution in [2.24, 2.45) is 0 Å². The molecule has 3 aromatic carbocycles. The summed E-state index contributed by atoms with van der Waals surface area (Å²) in [5.74, 6) is -5.81. The largest absolute Gasteiger partial charge is 0.534 e. The van der Waals surface area contributed by atoms with Crippen molar-refractivity contribution >= 4 is 30.4 Å². The van der Waals surface area contributed by atoms with Crippen molar-refractivity contribution in [3.63, 3.8) is 0 Å². The lowest BCUT2D eigenvalue weighted by Crippen LogP contribution is -2.33. The van der Waals surface area contributed by atoms with Crippen LogP contribution in [0, 0.1) is 0 Å². The molecule has 238 valence electrons. The zero-order chi connectivity index (χ0) is 32.8. The van der Waals surface area contributed by atoms with E-state index < -0.39 is 76.0 Å². The second kappa shape index (κ2) is 9.64. The Kier molecular flexibility index (Phi) is 6.94. The maximum Gasteiger partial charge on any atom is 0.534 e. The molecule has 0 unspecified atom stereocenters. The van der Waals surface area contributed by atoms with Gasteiger partial charge in [-0.15, -0.1) is 0 Å². The van der Waals surface area contributed by atoms with Gasteiger partial charge in [-0.3, -0.25) is 0 Å². The average molecular weight is 699 g/mol. The maximum absolute atomic E-state index is 13.2. The summed E-state index contributed by atoms with van der Waals surface area (Å²) in [6.45, 7) is 0. The monoisotopic (exact) mass is 698 g/mol. The molecule has 0 aliphatic heterocycles. The third-order valence-corrected chi connectivity index (χ3v) is 9.45. The van der Waals surface area contributed by atoms with Gasteiger partial charge in [-0.1, -0.05) is 30.3 Å². The van der Waals surface area contributed by atoms with Crippen LogP contribution in [-0.4, -0.2) is 41.8 Å². The fourth-order valence-corrected chi connectivity index (χ4v) is 6.37. The molecular formula is C23H11F9O9S3. The molecule has 0 spiro atoms. The van der Waals surface area contributed by atoms with Gasteiger partial charge in [-0.05, 0) is 46.5 Å². The zero-order valence-corrected chi connectivity index (χ0v) is 23.1. The molecule has 0 fully saturated rings. The summed E-state index contributed by atoms with van der Waals surface area (Å²) in [6, 6.07) is 8.54. The van der Waals surface area contributed by atoms with Crippen LogP contribution in [0.3, 0.4) is 0 Å². The smallest absolute Gasteiger partial charge is 0.376 e. The Hall–Kier alpha value is -3.72. The van der Waals surface area contributed by atoms with Crippen LogP contribution >= 0.6 is 0 Å². The molecule has 3 aliphatic rings. The van der Waals surface area contributed by atoms with Crippen molar-refractivity contribution in [1.82, 2.24) is 0 Å². The van der Waals surface area contributed by atoms with Gasteiger partial charge in [-0.2, -0.15) is 64.8 Å². The van der Waals surface area contributed by atoms with Crippen LogP contribution in [0.2, 0.25) is 0 Å². The van der Waals surface area contributed by atoms with Gasteiger partial charge in [0.05, 0.1) is 0 Å². The standard InChI is InChI=1S/C23H11F9O9S3/c24-21(25,26)42(33,34)39-10-7-8-11-14(9-10)17-12-3-1-5-15(40-43(35,36)22(27,28)29)18(12)20(11)19-13(17)4-2-6-16(19)41-44(37,38)23(30,31)32/h1-9,17,20H. The van der Waals surface area contributed by atoms with E-state index in [1.165, 1.54) is 12.1 Å². The Morgan fingerprint density at radius 2 is 0.886 bits per heavy atom. The first-order valence-electron chi connectivity index (χ1n) is 11.4. The minimum absolute atomic E-state index is 0.0588. The molecule has 3 aliphatic carbocycles. The highest BCUT2D eigenvalue weighted by Gasteiger charge is 2.53. The first-order valence-corrected chi connectivity index (χ1v) is 15.6. The van der Waals surface area contributed by atoms with Crippen molar-refractivity contribution in [2.75, 3.05) is 0 Å². The first-order chi connectivity index (χ1) is 20.0.